The van der Waals surface area contributed by atoms with Crippen molar-refractivity contribution in [1.82, 2.24) is 16.0 Å². The molecule has 5 unspecified atom stereocenters. The Morgan fingerprint density at radius 1 is 0.943 bits per heavy atom. The summed E-state index contributed by atoms with van der Waals surface area (Å²) in [5, 5.41) is 25.7. The molecule has 0 aromatic heterocycles. The number of carbonyl (C=O) groups is 5. The van der Waals surface area contributed by atoms with E-state index in [9.17, 15) is 29.1 Å². The van der Waals surface area contributed by atoms with Gasteiger partial charge in [-0.3, -0.25) is 19.2 Å². The topological polar surface area (TPSA) is 214 Å². The Hall–Kier alpha value is -3.51. The van der Waals surface area contributed by atoms with Crippen LogP contribution >= 0.6 is 0 Å². The molecule has 12 nitrogen and oxygen atoms in total. The zero-order valence-electron chi connectivity index (χ0n) is 19.9. The largest absolute Gasteiger partial charge is 0.480 e. The van der Waals surface area contributed by atoms with E-state index in [2.05, 4.69) is 16.0 Å². The number of aliphatic hydroxyl groups is 1. The number of aliphatic hydroxyl groups excluding tert-OH is 1. The van der Waals surface area contributed by atoms with Crippen molar-refractivity contribution in [2.24, 2.45) is 17.4 Å². The summed E-state index contributed by atoms with van der Waals surface area (Å²) < 4.78 is 0. The zero-order valence-corrected chi connectivity index (χ0v) is 19.9. The van der Waals surface area contributed by atoms with Crippen molar-refractivity contribution < 1.29 is 34.2 Å². The average molecular weight is 494 g/mol. The highest BCUT2D eigenvalue weighted by molar-refractivity contribution is 5.94. The molecule has 9 N–H and O–H groups in total. The van der Waals surface area contributed by atoms with Crippen LogP contribution in [0.15, 0.2) is 30.3 Å². The zero-order chi connectivity index (χ0) is 26.5. The van der Waals surface area contributed by atoms with E-state index in [-0.39, 0.29) is 19.3 Å². The first-order valence-corrected chi connectivity index (χ1v) is 11.3. The van der Waals surface area contributed by atoms with Gasteiger partial charge in [0.25, 0.3) is 0 Å². The van der Waals surface area contributed by atoms with Gasteiger partial charge in [0.2, 0.25) is 23.6 Å². The van der Waals surface area contributed by atoms with Crippen molar-refractivity contribution in [3.63, 3.8) is 0 Å². The highest BCUT2D eigenvalue weighted by Gasteiger charge is 2.32. The molecule has 0 aliphatic heterocycles. The number of primary amides is 1. The predicted molar refractivity (Wildman–Crippen MR) is 127 cm³/mol. The highest BCUT2D eigenvalue weighted by atomic mass is 16.4. The van der Waals surface area contributed by atoms with Crippen LogP contribution in [0.25, 0.3) is 0 Å². The van der Waals surface area contributed by atoms with E-state index in [4.69, 9.17) is 16.6 Å². The van der Waals surface area contributed by atoms with Crippen molar-refractivity contribution in [3.8, 4) is 0 Å². The lowest BCUT2D eigenvalue weighted by molar-refractivity contribution is -0.143. The summed E-state index contributed by atoms with van der Waals surface area (Å²) in [5.74, 6) is -4.56. The number of rotatable bonds is 15. The minimum Gasteiger partial charge on any atom is -0.480 e. The van der Waals surface area contributed by atoms with Crippen LogP contribution in [0, 0.1) is 5.92 Å². The summed E-state index contributed by atoms with van der Waals surface area (Å²) in [6, 6.07) is 3.99. The summed E-state index contributed by atoms with van der Waals surface area (Å²) in [6.07, 6.45) is 0.458. The van der Waals surface area contributed by atoms with Crippen LogP contribution in [0.1, 0.15) is 38.7 Å². The van der Waals surface area contributed by atoms with Crippen molar-refractivity contribution in [2.45, 2.75) is 63.7 Å². The van der Waals surface area contributed by atoms with E-state index in [1.54, 1.807) is 44.2 Å². The van der Waals surface area contributed by atoms with Crippen LogP contribution in [0.2, 0.25) is 0 Å². The van der Waals surface area contributed by atoms with Crippen LogP contribution in [0.3, 0.4) is 0 Å². The first-order valence-electron chi connectivity index (χ1n) is 11.3. The second-order valence-electron chi connectivity index (χ2n) is 8.32. The number of hydrogen-bond acceptors (Lipinski definition) is 7. The molecule has 5 atom stereocenters. The first-order chi connectivity index (χ1) is 16.5. The van der Waals surface area contributed by atoms with Gasteiger partial charge in [-0.25, -0.2) is 4.79 Å². The van der Waals surface area contributed by atoms with Crippen molar-refractivity contribution in [3.05, 3.63) is 35.9 Å². The molecule has 1 aromatic rings. The molecule has 0 saturated heterocycles. The Bertz CT molecular complexity index is 880. The van der Waals surface area contributed by atoms with Gasteiger partial charge < -0.3 is 37.6 Å². The monoisotopic (exact) mass is 493 g/mol. The smallest absolute Gasteiger partial charge is 0.328 e. The predicted octanol–water partition coefficient (Wildman–Crippen LogP) is -1.60. The van der Waals surface area contributed by atoms with Crippen LogP contribution in [-0.2, 0) is 30.4 Å². The fourth-order valence-corrected chi connectivity index (χ4v) is 3.17. The van der Waals surface area contributed by atoms with E-state index in [1.807, 2.05) is 0 Å². The van der Waals surface area contributed by atoms with Crippen molar-refractivity contribution in [2.75, 3.05) is 6.61 Å². The van der Waals surface area contributed by atoms with Gasteiger partial charge in [0.05, 0.1) is 12.6 Å². The Labute approximate surface area is 203 Å². The van der Waals surface area contributed by atoms with Crippen LogP contribution < -0.4 is 27.4 Å². The lowest BCUT2D eigenvalue weighted by Gasteiger charge is -2.28. The second-order valence-corrected chi connectivity index (χ2v) is 8.32. The SMILES string of the molecule is CCC(C)C(NC(=O)C(Cc1ccccc1)NC(=O)C(N)CCC(N)=O)C(=O)NC(CO)C(=O)O. The van der Waals surface area contributed by atoms with Crippen molar-refractivity contribution >= 4 is 29.6 Å². The number of nitrogens with one attached hydrogen (secondary N) is 3. The third-order valence-electron chi connectivity index (χ3n) is 5.54. The third kappa shape index (κ3) is 10.1. The summed E-state index contributed by atoms with van der Waals surface area (Å²) in [4.78, 5) is 60.7. The van der Waals surface area contributed by atoms with Crippen LogP contribution in [0.5, 0.6) is 0 Å². The highest BCUT2D eigenvalue weighted by Crippen LogP contribution is 2.11. The lowest BCUT2D eigenvalue weighted by Crippen LogP contribution is -2.59. The Morgan fingerprint density at radius 3 is 2.06 bits per heavy atom. The van der Waals surface area contributed by atoms with E-state index in [0.717, 1.165) is 5.56 Å². The number of carboxylic acids is 1. The molecule has 0 bridgehead atoms. The lowest BCUT2D eigenvalue weighted by atomic mass is 9.96. The summed E-state index contributed by atoms with van der Waals surface area (Å²) >= 11 is 0. The molecule has 0 fully saturated rings. The van der Waals surface area contributed by atoms with Gasteiger partial charge in [0, 0.05) is 12.8 Å². The molecule has 1 rings (SSSR count). The van der Waals surface area contributed by atoms with Gasteiger partial charge in [0.1, 0.15) is 18.1 Å². The molecule has 0 aliphatic carbocycles. The fraction of sp³-hybridized carbons (Fsp3) is 0.522. The number of amides is 4. The van der Waals surface area contributed by atoms with E-state index >= 15 is 0 Å². The number of carboxylic acid groups (broad SMARTS) is 1. The maximum atomic E-state index is 13.2. The van der Waals surface area contributed by atoms with Gasteiger partial charge >= 0.3 is 5.97 Å². The molecule has 194 valence electrons. The first kappa shape index (κ1) is 29.5. The summed E-state index contributed by atoms with van der Waals surface area (Å²) in [6.45, 7) is 2.67. The van der Waals surface area contributed by atoms with Gasteiger partial charge in [-0.1, -0.05) is 50.6 Å². The van der Waals surface area contributed by atoms with Crippen molar-refractivity contribution in [1.29, 1.82) is 0 Å². The summed E-state index contributed by atoms with van der Waals surface area (Å²) in [7, 11) is 0. The number of carbonyl (C=O) groups excluding carboxylic acids is 4. The Morgan fingerprint density at radius 2 is 1.54 bits per heavy atom. The Kier molecular flexibility index (Phi) is 12.4. The van der Waals surface area contributed by atoms with Gasteiger partial charge in [-0.2, -0.15) is 0 Å². The summed E-state index contributed by atoms with van der Waals surface area (Å²) in [5.41, 5.74) is 11.7. The molecule has 4 amide bonds. The van der Waals surface area contributed by atoms with Crippen LogP contribution in [0.4, 0.5) is 0 Å². The minimum absolute atomic E-state index is 0.00349. The molecular formula is C23H35N5O7. The maximum Gasteiger partial charge on any atom is 0.328 e. The van der Waals surface area contributed by atoms with Gasteiger partial charge in [0.15, 0.2) is 0 Å². The molecule has 0 radical (unpaired) electrons. The van der Waals surface area contributed by atoms with Crippen LogP contribution in [-0.4, -0.2) is 70.6 Å². The number of nitrogens with two attached hydrogens (primary N) is 2. The normalized spacial score (nSPS) is 15.1. The minimum atomic E-state index is -1.53. The third-order valence-corrected chi connectivity index (χ3v) is 5.54. The van der Waals surface area contributed by atoms with Gasteiger partial charge in [-0.05, 0) is 17.9 Å². The van der Waals surface area contributed by atoms with E-state index in [1.165, 1.54) is 0 Å². The average Bonchev–Trinajstić information content (AvgIpc) is 2.83. The molecule has 0 spiro atoms. The maximum absolute atomic E-state index is 13.2. The number of hydrogen-bond donors (Lipinski definition) is 7. The molecule has 0 heterocycles. The molecule has 0 saturated carbocycles. The Balaban J connectivity index is 3.08. The quantitative estimate of drug-likeness (QED) is 0.151. The number of benzene rings is 1. The number of aliphatic carboxylic acids is 1. The molecular weight excluding hydrogens is 458 g/mol. The fourth-order valence-electron chi connectivity index (χ4n) is 3.17. The molecule has 0 aliphatic rings. The second kappa shape index (κ2) is 14.7. The molecule has 1 aromatic carbocycles. The van der Waals surface area contributed by atoms with Gasteiger partial charge in [-0.15, -0.1) is 0 Å². The molecule has 35 heavy (non-hydrogen) atoms. The standard InChI is InChI=1S/C23H35N5O7/c1-3-13(2)19(22(33)27-17(12-29)23(34)35)28-21(32)16(11-14-7-5-4-6-8-14)26-20(31)15(24)9-10-18(25)30/h4-8,13,15-17,19,29H,3,9-12,24H2,1-2H3,(H2,25,30)(H,26,31)(H,27,33)(H,28,32)(H,34,35). The van der Waals surface area contributed by atoms with E-state index in [0.29, 0.717) is 6.42 Å². The molecule has 12 heteroatoms. The van der Waals surface area contributed by atoms with E-state index < -0.39 is 66.3 Å².